The van der Waals surface area contributed by atoms with Crippen molar-refractivity contribution in [2.24, 2.45) is 0 Å². The van der Waals surface area contributed by atoms with Gasteiger partial charge in [0.25, 0.3) is 5.91 Å². The average molecular weight is 479 g/mol. The van der Waals surface area contributed by atoms with Crippen LogP contribution in [-0.2, 0) is 14.3 Å². The molecule has 0 saturated carbocycles. The van der Waals surface area contributed by atoms with Crippen LogP contribution in [0.5, 0.6) is 0 Å². The van der Waals surface area contributed by atoms with E-state index in [0.29, 0.717) is 34.3 Å². The van der Waals surface area contributed by atoms with E-state index in [1.807, 2.05) is 6.07 Å². The Balaban J connectivity index is 1.74. The second kappa shape index (κ2) is 11.1. The molecule has 2 heterocycles. The first-order chi connectivity index (χ1) is 16.3. The van der Waals surface area contributed by atoms with Gasteiger partial charge in [0.1, 0.15) is 28.2 Å². The second-order valence-corrected chi connectivity index (χ2v) is 8.16. The Morgan fingerprint density at radius 3 is 2.50 bits per heavy atom. The first kappa shape index (κ1) is 24.5. The van der Waals surface area contributed by atoms with Crippen LogP contribution >= 0.6 is 11.3 Å². The molecular weight excluding hydrogens is 456 g/mol. The summed E-state index contributed by atoms with van der Waals surface area (Å²) in [5.41, 5.74) is 1.15. The highest BCUT2D eigenvalue weighted by Gasteiger charge is 2.19. The van der Waals surface area contributed by atoms with Crippen molar-refractivity contribution < 1.29 is 28.3 Å². The van der Waals surface area contributed by atoms with Crippen molar-refractivity contribution in [1.82, 2.24) is 0 Å². The van der Waals surface area contributed by atoms with Gasteiger partial charge in [-0.3, -0.25) is 4.79 Å². The minimum absolute atomic E-state index is 0.199. The van der Waals surface area contributed by atoms with Crippen molar-refractivity contribution in [3.63, 3.8) is 0 Å². The van der Waals surface area contributed by atoms with Crippen molar-refractivity contribution >= 4 is 40.3 Å². The fourth-order valence-electron chi connectivity index (χ4n) is 2.88. The molecule has 1 amide bonds. The summed E-state index contributed by atoms with van der Waals surface area (Å²) >= 11 is 1.15. The summed E-state index contributed by atoms with van der Waals surface area (Å²) < 4.78 is 15.9. The number of hydrogen-bond acceptors (Lipinski definition) is 8. The minimum Gasteiger partial charge on any atom is -0.462 e. The van der Waals surface area contributed by atoms with E-state index in [1.165, 1.54) is 6.08 Å². The molecule has 9 heteroatoms. The number of carbonyl (C=O) groups is 3. The molecule has 0 aliphatic rings. The molecule has 0 fully saturated rings. The van der Waals surface area contributed by atoms with Gasteiger partial charge in [0.15, 0.2) is 0 Å². The number of rotatable bonds is 8. The summed E-state index contributed by atoms with van der Waals surface area (Å²) in [6.07, 6.45) is 1.01. The third kappa shape index (κ3) is 5.99. The number of esters is 2. The minimum atomic E-state index is -0.680. The van der Waals surface area contributed by atoms with Gasteiger partial charge in [-0.2, -0.15) is 5.26 Å². The Bertz CT molecular complexity index is 1260. The predicted octanol–water partition coefficient (Wildman–Crippen LogP) is 5.30. The fraction of sp³-hybridized carbons (Fsp3) is 0.200. The van der Waals surface area contributed by atoms with Crippen LogP contribution in [0.3, 0.4) is 0 Å². The molecule has 3 aromatic rings. The maximum absolute atomic E-state index is 12.6. The Hall–Kier alpha value is -4.16. The van der Waals surface area contributed by atoms with E-state index in [4.69, 9.17) is 13.9 Å². The van der Waals surface area contributed by atoms with Gasteiger partial charge in [0.2, 0.25) is 0 Å². The van der Waals surface area contributed by atoms with Crippen LogP contribution in [0.15, 0.2) is 57.8 Å². The third-order valence-electron chi connectivity index (χ3n) is 4.41. The first-order valence-electron chi connectivity index (χ1n) is 10.4. The van der Waals surface area contributed by atoms with Crippen LogP contribution in [0.1, 0.15) is 47.2 Å². The van der Waals surface area contributed by atoms with Crippen molar-refractivity contribution in [2.45, 2.75) is 26.9 Å². The van der Waals surface area contributed by atoms with Gasteiger partial charge in [-0.05, 0) is 56.5 Å². The van der Waals surface area contributed by atoms with Crippen molar-refractivity contribution in [3.05, 3.63) is 70.3 Å². The molecule has 2 aromatic heterocycles. The summed E-state index contributed by atoms with van der Waals surface area (Å²) in [5, 5.41) is 14.0. The lowest BCUT2D eigenvalue weighted by molar-refractivity contribution is -0.112. The van der Waals surface area contributed by atoms with E-state index in [9.17, 15) is 19.6 Å². The van der Waals surface area contributed by atoms with E-state index in [-0.39, 0.29) is 17.2 Å². The molecule has 34 heavy (non-hydrogen) atoms. The first-order valence-corrected chi connectivity index (χ1v) is 11.3. The number of nitrogens with one attached hydrogen (secondary N) is 1. The van der Waals surface area contributed by atoms with Crippen molar-refractivity contribution in [2.75, 3.05) is 11.9 Å². The van der Waals surface area contributed by atoms with E-state index < -0.39 is 17.8 Å². The number of nitrogens with zero attached hydrogens (tertiary/aromatic N) is 1. The monoisotopic (exact) mass is 478 g/mol. The molecule has 1 aromatic carbocycles. The van der Waals surface area contributed by atoms with Crippen LogP contribution in [-0.4, -0.2) is 30.6 Å². The number of ether oxygens (including phenoxy) is 2. The maximum Gasteiger partial charge on any atom is 0.341 e. The van der Waals surface area contributed by atoms with Crippen molar-refractivity contribution in [1.29, 1.82) is 5.26 Å². The highest BCUT2D eigenvalue weighted by atomic mass is 32.1. The summed E-state index contributed by atoms with van der Waals surface area (Å²) in [7, 11) is 0. The lowest BCUT2D eigenvalue weighted by atomic mass is 10.1. The number of amides is 1. The lowest BCUT2D eigenvalue weighted by Crippen LogP contribution is -2.16. The SMILES string of the molecule is CCOC(=O)c1ccc(-c2ccc(/C=C(\C#N)C(=O)Nc3sccc3C(=O)OC(C)C)o2)cc1. The number of carbonyl (C=O) groups excluding carboxylic acids is 3. The summed E-state index contributed by atoms with van der Waals surface area (Å²) in [5.74, 6) is -0.856. The summed E-state index contributed by atoms with van der Waals surface area (Å²) in [6.45, 7) is 5.48. The normalized spacial score (nSPS) is 11.1. The zero-order valence-electron chi connectivity index (χ0n) is 18.8. The number of hydrogen-bond donors (Lipinski definition) is 1. The van der Waals surface area contributed by atoms with Crippen LogP contribution in [0.2, 0.25) is 0 Å². The van der Waals surface area contributed by atoms with Crippen molar-refractivity contribution in [3.8, 4) is 17.4 Å². The van der Waals surface area contributed by atoms with Gasteiger partial charge in [-0.1, -0.05) is 12.1 Å². The Morgan fingerprint density at radius 1 is 1.12 bits per heavy atom. The van der Waals surface area contributed by atoms with Gasteiger partial charge in [0.05, 0.1) is 23.8 Å². The number of thiophene rings is 1. The Labute approximate surface area is 200 Å². The number of anilines is 1. The van der Waals surface area contributed by atoms with E-state index >= 15 is 0 Å². The molecule has 0 radical (unpaired) electrons. The van der Waals surface area contributed by atoms with Gasteiger partial charge in [0, 0.05) is 11.6 Å². The highest BCUT2D eigenvalue weighted by Crippen LogP contribution is 2.27. The van der Waals surface area contributed by atoms with E-state index in [1.54, 1.807) is 68.6 Å². The van der Waals surface area contributed by atoms with Gasteiger partial charge < -0.3 is 19.2 Å². The topological polar surface area (TPSA) is 119 Å². The summed E-state index contributed by atoms with van der Waals surface area (Å²) in [6, 6.07) is 13.4. The van der Waals surface area contributed by atoms with Crippen LogP contribution < -0.4 is 5.32 Å². The molecule has 0 unspecified atom stereocenters. The largest absolute Gasteiger partial charge is 0.462 e. The molecule has 0 atom stereocenters. The van der Waals surface area contributed by atoms with Crippen LogP contribution in [0.25, 0.3) is 17.4 Å². The lowest BCUT2D eigenvalue weighted by Gasteiger charge is -2.09. The van der Waals surface area contributed by atoms with E-state index in [0.717, 1.165) is 11.3 Å². The Kier molecular flexibility index (Phi) is 8.01. The zero-order chi connectivity index (χ0) is 24.7. The smallest absolute Gasteiger partial charge is 0.341 e. The molecular formula is C25H22N2O6S. The zero-order valence-corrected chi connectivity index (χ0v) is 19.6. The Morgan fingerprint density at radius 2 is 1.85 bits per heavy atom. The molecule has 0 saturated heterocycles. The molecule has 1 N–H and O–H groups in total. The fourth-order valence-corrected chi connectivity index (χ4v) is 3.65. The molecule has 3 rings (SSSR count). The van der Waals surface area contributed by atoms with Gasteiger partial charge in [-0.25, -0.2) is 9.59 Å². The number of benzene rings is 1. The molecule has 174 valence electrons. The third-order valence-corrected chi connectivity index (χ3v) is 5.24. The standard InChI is InChI=1S/C25H22N2O6S/c1-4-31-24(29)17-7-5-16(6-8-17)21-10-9-19(33-21)13-18(14-26)22(28)27-23-20(11-12-34-23)25(30)32-15(2)3/h5-13,15H,4H2,1-3H3,(H,27,28)/b18-13+. The quantitative estimate of drug-likeness (QED) is 0.265. The molecule has 0 spiro atoms. The molecule has 8 nitrogen and oxygen atoms in total. The average Bonchev–Trinajstić information content (AvgIpc) is 3.47. The summed E-state index contributed by atoms with van der Waals surface area (Å²) in [4.78, 5) is 36.6. The molecule has 0 aliphatic carbocycles. The number of furan rings is 1. The number of nitriles is 1. The second-order valence-electron chi connectivity index (χ2n) is 7.24. The van der Waals surface area contributed by atoms with Gasteiger partial charge in [-0.15, -0.1) is 11.3 Å². The van der Waals surface area contributed by atoms with E-state index in [2.05, 4.69) is 5.32 Å². The highest BCUT2D eigenvalue weighted by molar-refractivity contribution is 7.14. The van der Waals surface area contributed by atoms with Crippen LogP contribution in [0, 0.1) is 11.3 Å². The van der Waals surface area contributed by atoms with Crippen LogP contribution in [0.4, 0.5) is 5.00 Å². The molecule has 0 bridgehead atoms. The molecule has 0 aliphatic heterocycles. The maximum atomic E-state index is 12.6. The van der Waals surface area contributed by atoms with Gasteiger partial charge >= 0.3 is 11.9 Å². The predicted molar refractivity (Wildman–Crippen MR) is 127 cm³/mol.